The van der Waals surface area contributed by atoms with Crippen molar-refractivity contribution in [3.05, 3.63) is 48.8 Å². The van der Waals surface area contributed by atoms with Crippen molar-refractivity contribution in [2.75, 3.05) is 18.8 Å². The van der Waals surface area contributed by atoms with Crippen LogP contribution in [0.4, 0.5) is 10.5 Å². The van der Waals surface area contributed by atoms with Gasteiger partial charge in [-0.05, 0) is 56.5 Å². The van der Waals surface area contributed by atoms with Gasteiger partial charge >= 0.3 is 6.09 Å². The second-order valence-electron chi connectivity index (χ2n) is 9.11. The molecule has 0 unspecified atom stereocenters. The van der Waals surface area contributed by atoms with Crippen molar-refractivity contribution in [1.29, 1.82) is 0 Å². The SMILES string of the molecule is CC(C)(C)OC(=O)N1CCC(Cn2cc(-c3ccc(N)c4ccccc34)cn2)CC1. The Morgan fingerprint density at radius 1 is 1.13 bits per heavy atom. The Bertz CT molecular complexity index is 1040. The Kier molecular flexibility index (Phi) is 5.41. The number of nitrogens with two attached hydrogens (primary N) is 1. The Balaban J connectivity index is 1.41. The molecule has 3 aromatic rings. The summed E-state index contributed by atoms with van der Waals surface area (Å²) in [7, 11) is 0. The molecule has 0 atom stereocenters. The molecule has 2 N–H and O–H groups in total. The van der Waals surface area contributed by atoms with Gasteiger partial charge in [-0.1, -0.05) is 30.3 Å². The lowest BCUT2D eigenvalue weighted by Gasteiger charge is -2.33. The van der Waals surface area contributed by atoms with E-state index in [4.69, 9.17) is 10.5 Å². The molecule has 4 rings (SSSR count). The van der Waals surface area contributed by atoms with E-state index in [1.807, 2.05) is 54.7 Å². The van der Waals surface area contributed by atoms with Gasteiger partial charge in [0.2, 0.25) is 0 Å². The molecule has 6 nitrogen and oxygen atoms in total. The molecule has 2 aromatic carbocycles. The van der Waals surface area contributed by atoms with Crippen LogP contribution in [-0.4, -0.2) is 39.5 Å². The van der Waals surface area contributed by atoms with Gasteiger partial charge in [-0.25, -0.2) is 4.79 Å². The second-order valence-corrected chi connectivity index (χ2v) is 9.11. The fourth-order valence-electron chi connectivity index (χ4n) is 4.07. The molecule has 0 radical (unpaired) electrons. The fourth-order valence-corrected chi connectivity index (χ4v) is 4.07. The number of carbonyl (C=O) groups is 1. The lowest BCUT2D eigenvalue weighted by atomic mass is 9.97. The highest BCUT2D eigenvalue weighted by molar-refractivity contribution is 6.02. The topological polar surface area (TPSA) is 73.4 Å². The summed E-state index contributed by atoms with van der Waals surface area (Å²) in [5.74, 6) is 0.500. The van der Waals surface area contributed by atoms with Gasteiger partial charge in [-0.3, -0.25) is 4.68 Å². The van der Waals surface area contributed by atoms with Crippen LogP contribution in [0.2, 0.25) is 0 Å². The van der Waals surface area contributed by atoms with E-state index in [1.54, 1.807) is 0 Å². The predicted octanol–water partition coefficient (Wildman–Crippen LogP) is 4.93. The van der Waals surface area contributed by atoms with Crippen molar-refractivity contribution >= 4 is 22.6 Å². The van der Waals surface area contributed by atoms with E-state index in [0.717, 1.165) is 60.1 Å². The molecule has 30 heavy (non-hydrogen) atoms. The van der Waals surface area contributed by atoms with Gasteiger partial charge in [0.15, 0.2) is 0 Å². The molecule has 2 heterocycles. The van der Waals surface area contributed by atoms with E-state index < -0.39 is 5.60 Å². The third-order valence-corrected chi connectivity index (χ3v) is 5.61. The molecule has 0 aliphatic carbocycles. The number of benzene rings is 2. The first-order valence-electron chi connectivity index (χ1n) is 10.6. The van der Waals surface area contributed by atoms with Crippen molar-refractivity contribution in [3.63, 3.8) is 0 Å². The average Bonchev–Trinajstić information content (AvgIpc) is 3.16. The smallest absolute Gasteiger partial charge is 0.410 e. The molecule has 0 bridgehead atoms. The van der Waals surface area contributed by atoms with Crippen LogP contribution in [0.1, 0.15) is 33.6 Å². The van der Waals surface area contributed by atoms with E-state index in [9.17, 15) is 4.79 Å². The number of nitrogen functional groups attached to an aromatic ring is 1. The Morgan fingerprint density at radius 3 is 2.53 bits per heavy atom. The monoisotopic (exact) mass is 406 g/mol. The number of ether oxygens (including phenoxy) is 1. The minimum Gasteiger partial charge on any atom is -0.444 e. The van der Waals surface area contributed by atoms with Crippen LogP contribution < -0.4 is 5.73 Å². The predicted molar refractivity (Wildman–Crippen MR) is 120 cm³/mol. The van der Waals surface area contributed by atoms with Gasteiger partial charge in [0.1, 0.15) is 5.60 Å². The summed E-state index contributed by atoms with van der Waals surface area (Å²) in [6.45, 7) is 8.02. The molecule has 0 spiro atoms. The van der Waals surface area contributed by atoms with Crippen LogP contribution in [-0.2, 0) is 11.3 Å². The summed E-state index contributed by atoms with van der Waals surface area (Å²) in [5, 5.41) is 6.81. The van der Waals surface area contributed by atoms with Crippen molar-refractivity contribution in [2.24, 2.45) is 5.92 Å². The van der Waals surface area contributed by atoms with Gasteiger partial charge < -0.3 is 15.4 Å². The standard InChI is InChI=1S/C24H30N4O2/c1-24(2,3)30-23(29)27-12-10-17(11-13-27)15-28-16-18(14-26-28)19-8-9-22(25)21-7-5-4-6-20(19)21/h4-9,14,16-17H,10-13,15,25H2,1-3H3. The Hall–Kier alpha value is -3.02. The zero-order valence-corrected chi connectivity index (χ0v) is 18.0. The first-order valence-corrected chi connectivity index (χ1v) is 10.6. The Morgan fingerprint density at radius 2 is 1.83 bits per heavy atom. The summed E-state index contributed by atoms with van der Waals surface area (Å²) in [5.41, 5.74) is 8.72. The number of hydrogen-bond donors (Lipinski definition) is 1. The highest BCUT2D eigenvalue weighted by atomic mass is 16.6. The molecule has 1 aromatic heterocycles. The average molecular weight is 407 g/mol. The van der Waals surface area contributed by atoms with Crippen molar-refractivity contribution in [1.82, 2.24) is 14.7 Å². The second kappa shape index (κ2) is 8.01. The fraction of sp³-hybridized carbons (Fsp3) is 0.417. The van der Waals surface area contributed by atoms with E-state index in [2.05, 4.69) is 29.5 Å². The summed E-state index contributed by atoms with van der Waals surface area (Å²) in [6.07, 6.45) is 5.74. The molecular formula is C24H30N4O2. The number of aromatic nitrogens is 2. The summed E-state index contributed by atoms with van der Waals surface area (Å²) in [4.78, 5) is 14.1. The number of anilines is 1. The van der Waals surface area contributed by atoms with E-state index in [-0.39, 0.29) is 6.09 Å². The first-order chi connectivity index (χ1) is 14.3. The first kappa shape index (κ1) is 20.3. The lowest BCUT2D eigenvalue weighted by Crippen LogP contribution is -2.42. The van der Waals surface area contributed by atoms with Gasteiger partial charge in [0.05, 0.1) is 6.20 Å². The molecule has 1 aliphatic heterocycles. The molecule has 1 fully saturated rings. The number of fused-ring (bicyclic) bond motifs is 1. The summed E-state index contributed by atoms with van der Waals surface area (Å²) < 4.78 is 7.51. The minimum atomic E-state index is -0.453. The zero-order valence-electron chi connectivity index (χ0n) is 18.0. The number of rotatable bonds is 3. The molecule has 6 heteroatoms. The number of amides is 1. The minimum absolute atomic E-state index is 0.211. The zero-order chi connectivity index (χ0) is 21.3. The highest BCUT2D eigenvalue weighted by Crippen LogP contribution is 2.32. The molecular weight excluding hydrogens is 376 g/mol. The largest absolute Gasteiger partial charge is 0.444 e. The molecule has 158 valence electrons. The number of nitrogens with zero attached hydrogens (tertiary/aromatic N) is 3. The molecule has 1 amide bonds. The quantitative estimate of drug-likeness (QED) is 0.626. The van der Waals surface area contributed by atoms with Crippen LogP contribution in [0.25, 0.3) is 21.9 Å². The molecule has 0 saturated carbocycles. The van der Waals surface area contributed by atoms with Gasteiger partial charge in [0, 0.05) is 42.5 Å². The van der Waals surface area contributed by atoms with Gasteiger partial charge in [0.25, 0.3) is 0 Å². The third-order valence-electron chi connectivity index (χ3n) is 5.61. The number of hydrogen-bond acceptors (Lipinski definition) is 4. The van der Waals surface area contributed by atoms with Crippen LogP contribution in [0.5, 0.6) is 0 Å². The maximum Gasteiger partial charge on any atom is 0.410 e. The number of piperidine rings is 1. The Labute approximate surface area is 177 Å². The third kappa shape index (κ3) is 4.42. The highest BCUT2D eigenvalue weighted by Gasteiger charge is 2.27. The molecule has 1 saturated heterocycles. The van der Waals surface area contributed by atoms with Crippen LogP contribution in [0.3, 0.4) is 0 Å². The van der Waals surface area contributed by atoms with Crippen LogP contribution >= 0.6 is 0 Å². The van der Waals surface area contributed by atoms with Gasteiger partial charge in [-0.2, -0.15) is 5.10 Å². The van der Waals surface area contributed by atoms with Crippen LogP contribution in [0.15, 0.2) is 48.8 Å². The number of likely N-dealkylation sites (tertiary alicyclic amines) is 1. The van der Waals surface area contributed by atoms with Gasteiger partial charge in [-0.15, -0.1) is 0 Å². The van der Waals surface area contributed by atoms with E-state index in [1.165, 1.54) is 0 Å². The summed E-state index contributed by atoms with van der Waals surface area (Å²) >= 11 is 0. The van der Waals surface area contributed by atoms with Crippen LogP contribution in [0, 0.1) is 5.92 Å². The maximum atomic E-state index is 12.2. The number of carbonyl (C=O) groups excluding carboxylic acids is 1. The summed E-state index contributed by atoms with van der Waals surface area (Å²) in [6, 6.07) is 12.2. The molecule has 1 aliphatic rings. The van der Waals surface area contributed by atoms with Crippen molar-refractivity contribution < 1.29 is 9.53 Å². The van der Waals surface area contributed by atoms with E-state index in [0.29, 0.717) is 5.92 Å². The van der Waals surface area contributed by atoms with Crippen molar-refractivity contribution in [2.45, 2.75) is 45.8 Å². The lowest BCUT2D eigenvalue weighted by molar-refractivity contribution is 0.0177. The normalized spacial score (nSPS) is 15.5. The van der Waals surface area contributed by atoms with E-state index >= 15 is 0 Å². The maximum absolute atomic E-state index is 12.2. The van der Waals surface area contributed by atoms with Crippen molar-refractivity contribution in [3.8, 4) is 11.1 Å².